The zero-order valence-corrected chi connectivity index (χ0v) is 12.0. The summed E-state index contributed by atoms with van der Waals surface area (Å²) in [6.07, 6.45) is 5.17. The molecule has 1 rings (SSSR count). The third-order valence-electron chi connectivity index (χ3n) is 3.44. The summed E-state index contributed by atoms with van der Waals surface area (Å²) < 4.78 is 0. The van der Waals surface area contributed by atoms with Gasteiger partial charge in [0.25, 0.3) is 0 Å². The zero-order chi connectivity index (χ0) is 12.7. The number of guanidine groups is 1. The van der Waals surface area contributed by atoms with Crippen LogP contribution in [0, 0.1) is 11.8 Å². The Morgan fingerprint density at radius 3 is 2.41 bits per heavy atom. The first-order chi connectivity index (χ1) is 8.17. The summed E-state index contributed by atoms with van der Waals surface area (Å²) >= 11 is 0. The number of rotatable bonds is 4. The van der Waals surface area contributed by atoms with Crippen molar-refractivity contribution in [3.63, 3.8) is 0 Å². The maximum Gasteiger partial charge on any atom is 0.193 e. The van der Waals surface area contributed by atoms with Crippen LogP contribution in [0.25, 0.3) is 0 Å². The van der Waals surface area contributed by atoms with Gasteiger partial charge >= 0.3 is 0 Å². The molecule has 0 saturated carbocycles. The van der Waals surface area contributed by atoms with E-state index in [1.165, 1.54) is 25.7 Å². The summed E-state index contributed by atoms with van der Waals surface area (Å²) in [4.78, 5) is 6.83. The van der Waals surface area contributed by atoms with E-state index in [9.17, 15) is 0 Å². The molecule has 3 heteroatoms. The maximum absolute atomic E-state index is 4.41. The van der Waals surface area contributed by atoms with E-state index in [1.54, 1.807) is 0 Å². The highest BCUT2D eigenvalue weighted by Gasteiger charge is 2.23. The molecule has 17 heavy (non-hydrogen) atoms. The lowest BCUT2D eigenvalue weighted by Gasteiger charge is -2.37. The van der Waals surface area contributed by atoms with Crippen molar-refractivity contribution in [2.75, 3.05) is 26.7 Å². The number of likely N-dealkylation sites (tertiary alicyclic amines) is 1. The van der Waals surface area contributed by atoms with Gasteiger partial charge in [-0.05, 0) is 24.7 Å². The molecule has 1 fully saturated rings. The first kappa shape index (κ1) is 14.3. The molecular formula is C14H29N3. The smallest absolute Gasteiger partial charge is 0.193 e. The van der Waals surface area contributed by atoms with E-state index in [0.29, 0.717) is 0 Å². The Bertz CT molecular complexity index is 228. The summed E-state index contributed by atoms with van der Waals surface area (Å²) in [5, 5.41) is 3.49. The highest BCUT2D eigenvalue weighted by Crippen LogP contribution is 2.20. The fourth-order valence-electron chi connectivity index (χ4n) is 2.74. The van der Waals surface area contributed by atoms with Crippen LogP contribution in [-0.2, 0) is 0 Å². The Balaban J connectivity index is 2.38. The lowest BCUT2D eigenvalue weighted by atomic mass is 9.92. The minimum absolute atomic E-state index is 0.785. The van der Waals surface area contributed by atoms with Crippen LogP contribution in [0.2, 0.25) is 0 Å². The molecule has 2 unspecified atom stereocenters. The van der Waals surface area contributed by atoms with E-state index in [1.807, 2.05) is 7.05 Å². The lowest BCUT2D eigenvalue weighted by Crippen LogP contribution is -2.48. The van der Waals surface area contributed by atoms with Crippen molar-refractivity contribution >= 4 is 5.96 Å². The number of unbranched alkanes of at least 4 members (excludes halogenated alkanes) is 2. The first-order valence-electron chi connectivity index (χ1n) is 7.13. The number of hydrogen-bond donors (Lipinski definition) is 1. The van der Waals surface area contributed by atoms with Crippen LogP contribution in [-0.4, -0.2) is 37.5 Å². The van der Waals surface area contributed by atoms with Crippen LogP contribution >= 0.6 is 0 Å². The van der Waals surface area contributed by atoms with Crippen molar-refractivity contribution < 1.29 is 0 Å². The molecule has 100 valence electrons. The molecule has 0 radical (unpaired) electrons. The monoisotopic (exact) mass is 239 g/mol. The van der Waals surface area contributed by atoms with Gasteiger partial charge in [-0.25, -0.2) is 0 Å². The Labute approximate surface area is 107 Å². The zero-order valence-electron chi connectivity index (χ0n) is 12.0. The van der Waals surface area contributed by atoms with Gasteiger partial charge in [-0.3, -0.25) is 4.99 Å². The van der Waals surface area contributed by atoms with E-state index in [0.717, 1.165) is 37.4 Å². The minimum Gasteiger partial charge on any atom is -0.356 e. The summed E-state index contributed by atoms with van der Waals surface area (Å²) in [6, 6.07) is 0. The molecule has 1 saturated heterocycles. The Morgan fingerprint density at radius 1 is 1.24 bits per heavy atom. The second-order valence-electron chi connectivity index (χ2n) is 5.53. The van der Waals surface area contributed by atoms with Crippen LogP contribution in [0.5, 0.6) is 0 Å². The van der Waals surface area contributed by atoms with Crippen molar-refractivity contribution in [2.24, 2.45) is 16.8 Å². The van der Waals surface area contributed by atoms with Gasteiger partial charge < -0.3 is 10.2 Å². The Morgan fingerprint density at radius 2 is 1.88 bits per heavy atom. The number of hydrogen-bond acceptors (Lipinski definition) is 1. The van der Waals surface area contributed by atoms with Crippen LogP contribution in [0.1, 0.15) is 46.5 Å². The molecule has 0 amide bonds. The molecule has 1 aliphatic heterocycles. The maximum atomic E-state index is 4.41. The molecule has 0 aliphatic carbocycles. The quantitative estimate of drug-likeness (QED) is 0.464. The molecule has 2 atom stereocenters. The third kappa shape index (κ3) is 4.97. The van der Waals surface area contributed by atoms with E-state index in [2.05, 4.69) is 36.0 Å². The van der Waals surface area contributed by atoms with Crippen molar-refractivity contribution in [2.45, 2.75) is 46.5 Å². The molecule has 0 aromatic carbocycles. The molecule has 0 aromatic heterocycles. The van der Waals surface area contributed by atoms with E-state index < -0.39 is 0 Å². The van der Waals surface area contributed by atoms with Gasteiger partial charge in [0.05, 0.1) is 0 Å². The van der Waals surface area contributed by atoms with Gasteiger partial charge in [-0.2, -0.15) is 0 Å². The van der Waals surface area contributed by atoms with Crippen LogP contribution < -0.4 is 5.32 Å². The van der Waals surface area contributed by atoms with Gasteiger partial charge in [-0.15, -0.1) is 0 Å². The largest absolute Gasteiger partial charge is 0.356 e. The Hall–Kier alpha value is -0.730. The third-order valence-corrected chi connectivity index (χ3v) is 3.44. The lowest BCUT2D eigenvalue weighted by molar-refractivity contribution is 0.208. The van der Waals surface area contributed by atoms with Crippen molar-refractivity contribution in [1.82, 2.24) is 10.2 Å². The standard InChI is InChI=1S/C14H29N3/c1-5-6-7-8-16-14(15-4)17-10-12(2)9-13(3)11-17/h12-13H,5-11H2,1-4H3,(H,15,16). The van der Waals surface area contributed by atoms with Gasteiger partial charge in [0.2, 0.25) is 0 Å². The second-order valence-corrected chi connectivity index (χ2v) is 5.53. The molecule has 1 aliphatic rings. The molecule has 0 spiro atoms. The first-order valence-corrected chi connectivity index (χ1v) is 7.13. The predicted molar refractivity (Wildman–Crippen MR) is 75.4 cm³/mol. The summed E-state index contributed by atoms with van der Waals surface area (Å²) in [7, 11) is 1.89. The highest BCUT2D eigenvalue weighted by molar-refractivity contribution is 5.79. The molecule has 3 nitrogen and oxygen atoms in total. The molecule has 0 bridgehead atoms. The van der Waals surface area contributed by atoms with Gasteiger partial charge in [0.1, 0.15) is 0 Å². The SMILES string of the molecule is CCCCCNC(=NC)N1CC(C)CC(C)C1. The van der Waals surface area contributed by atoms with Gasteiger partial charge in [-0.1, -0.05) is 33.6 Å². The number of nitrogens with one attached hydrogen (secondary N) is 1. The molecule has 1 heterocycles. The van der Waals surface area contributed by atoms with Gasteiger partial charge in [0, 0.05) is 26.7 Å². The van der Waals surface area contributed by atoms with E-state index in [-0.39, 0.29) is 0 Å². The fraction of sp³-hybridized carbons (Fsp3) is 0.929. The van der Waals surface area contributed by atoms with Crippen LogP contribution in [0.4, 0.5) is 0 Å². The predicted octanol–water partition coefficient (Wildman–Crippen LogP) is 2.73. The summed E-state index contributed by atoms with van der Waals surface area (Å²) in [5.74, 6) is 2.67. The fourth-order valence-corrected chi connectivity index (χ4v) is 2.74. The summed E-state index contributed by atoms with van der Waals surface area (Å²) in [5.41, 5.74) is 0. The number of nitrogens with zero attached hydrogens (tertiary/aromatic N) is 2. The van der Waals surface area contributed by atoms with Crippen molar-refractivity contribution in [3.05, 3.63) is 0 Å². The number of piperidine rings is 1. The molecule has 1 N–H and O–H groups in total. The van der Waals surface area contributed by atoms with E-state index in [4.69, 9.17) is 0 Å². The van der Waals surface area contributed by atoms with Crippen molar-refractivity contribution in [3.8, 4) is 0 Å². The topological polar surface area (TPSA) is 27.6 Å². The average molecular weight is 239 g/mol. The number of aliphatic imine (C=N–C) groups is 1. The average Bonchev–Trinajstić information content (AvgIpc) is 2.28. The normalized spacial score (nSPS) is 26.1. The minimum atomic E-state index is 0.785. The highest BCUT2D eigenvalue weighted by atomic mass is 15.3. The summed E-state index contributed by atoms with van der Waals surface area (Å²) in [6.45, 7) is 10.3. The molecular weight excluding hydrogens is 210 g/mol. The van der Waals surface area contributed by atoms with Gasteiger partial charge in [0.15, 0.2) is 5.96 Å². The second kappa shape index (κ2) is 7.57. The van der Waals surface area contributed by atoms with Crippen molar-refractivity contribution in [1.29, 1.82) is 0 Å². The molecule has 0 aromatic rings. The Kier molecular flexibility index (Phi) is 6.38. The van der Waals surface area contributed by atoms with Crippen LogP contribution in [0.3, 0.4) is 0 Å². The van der Waals surface area contributed by atoms with E-state index >= 15 is 0 Å². The van der Waals surface area contributed by atoms with Crippen LogP contribution in [0.15, 0.2) is 4.99 Å².